The summed E-state index contributed by atoms with van der Waals surface area (Å²) in [5.74, 6) is -4.35. The Bertz CT molecular complexity index is 891. The van der Waals surface area contributed by atoms with Crippen LogP contribution < -0.4 is 16.1 Å². The number of carboxylic acids is 3. The second-order valence-corrected chi connectivity index (χ2v) is 10.6. The molecule has 0 bridgehead atoms. The number of carbonyl (C=O) groups excluding carboxylic acids is 3. The zero-order valence-electron chi connectivity index (χ0n) is 25.6. The molecule has 0 aromatic rings. The van der Waals surface area contributed by atoms with Crippen molar-refractivity contribution in [2.24, 2.45) is 0 Å². The van der Waals surface area contributed by atoms with Crippen LogP contribution in [0.5, 0.6) is 0 Å². The minimum atomic E-state index is -1.04. The average Bonchev–Trinajstić information content (AvgIpc) is 2.93. The molecule has 1 fully saturated rings. The Morgan fingerprint density at radius 1 is 0.568 bits per heavy atom. The molecule has 1 rings (SSSR count). The van der Waals surface area contributed by atoms with Gasteiger partial charge in [0.1, 0.15) is 0 Å². The molecule has 0 aromatic carbocycles. The van der Waals surface area contributed by atoms with Crippen LogP contribution in [0.2, 0.25) is 0 Å². The number of hydroxylamine groups is 1. The second kappa shape index (κ2) is 23.1. The summed E-state index contributed by atoms with van der Waals surface area (Å²) in [5.41, 5.74) is 2.17. The largest absolute Gasteiger partial charge is 0.480 e. The Hall–Kier alpha value is -3.38. The standard InChI is InChI=1S/C27H49N7O10/c1-2-3-4-5-7-28-24(37)21-44-30-22(35)6-8-29-23(36)17-31-9-11-32(18-25(38)39)13-15-34(20-27(42)43)16-14-33(12-10-31)19-26(40)41/h2-21H2,1H3,(H,28,37)(H,29,36)(H,30,35)(H,38,39)(H,40,41)(H,42,43). The lowest BCUT2D eigenvalue weighted by atomic mass is 10.2. The van der Waals surface area contributed by atoms with Crippen LogP contribution in [0.15, 0.2) is 0 Å². The molecule has 1 heterocycles. The molecular weight excluding hydrogens is 582 g/mol. The first-order valence-corrected chi connectivity index (χ1v) is 15.0. The first-order valence-electron chi connectivity index (χ1n) is 15.0. The number of hydrogen-bond acceptors (Lipinski definition) is 11. The molecule has 1 aliphatic rings. The van der Waals surface area contributed by atoms with Gasteiger partial charge in [-0.05, 0) is 6.42 Å². The van der Waals surface area contributed by atoms with E-state index in [9.17, 15) is 44.1 Å². The van der Waals surface area contributed by atoms with Gasteiger partial charge >= 0.3 is 17.9 Å². The molecule has 17 nitrogen and oxygen atoms in total. The van der Waals surface area contributed by atoms with Gasteiger partial charge < -0.3 is 26.0 Å². The molecule has 6 N–H and O–H groups in total. The third-order valence-electron chi connectivity index (χ3n) is 6.79. The molecule has 0 aliphatic carbocycles. The molecule has 17 heteroatoms. The monoisotopic (exact) mass is 631 g/mol. The van der Waals surface area contributed by atoms with Crippen LogP contribution in [-0.2, 0) is 33.6 Å². The quantitative estimate of drug-likeness (QED) is 0.0653. The zero-order valence-corrected chi connectivity index (χ0v) is 25.6. The molecular formula is C27H49N7O10. The number of rotatable bonds is 19. The second-order valence-electron chi connectivity index (χ2n) is 10.6. The van der Waals surface area contributed by atoms with Crippen LogP contribution >= 0.6 is 0 Å². The van der Waals surface area contributed by atoms with Gasteiger partial charge in [0, 0.05) is 71.9 Å². The summed E-state index contributed by atoms with van der Waals surface area (Å²) in [6.07, 6.45) is 4.01. The van der Waals surface area contributed by atoms with Gasteiger partial charge in [-0.25, -0.2) is 5.48 Å². The van der Waals surface area contributed by atoms with E-state index in [-0.39, 0.29) is 96.8 Å². The van der Waals surface area contributed by atoms with Gasteiger partial charge in [-0.2, -0.15) is 0 Å². The molecule has 1 saturated heterocycles. The maximum atomic E-state index is 12.7. The summed E-state index contributed by atoms with van der Waals surface area (Å²) in [6, 6.07) is 0. The van der Waals surface area contributed by atoms with Crippen molar-refractivity contribution < 1.29 is 48.9 Å². The summed E-state index contributed by atoms with van der Waals surface area (Å²) in [6.45, 7) is 3.75. The lowest BCUT2D eigenvalue weighted by Gasteiger charge is -2.32. The highest BCUT2D eigenvalue weighted by atomic mass is 16.7. The highest BCUT2D eigenvalue weighted by Crippen LogP contribution is 2.02. The molecule has 0 atom stereocenters. The Balaban J connectivity index is 2.59. The van der Waals surface area contributed by atoms with Gasteiger partial charge in [0.05, 0.1) is 26.2 Å². The van der Waals surface area contributed by atoms with Crippen LogP contribution in [0.3, 0.4) is 0 Å². The zero-order chi connectivity index (χ0) is 32.7. The minimum Gasteiger partial charge on any atom is -0.480 e. The van der Waals surface area contributed by atoms with Gasteiger partial charge in [0.25, 0.3) is 0 Å². The normalized spacial score (nSPS) is 16.3. The van der Waals surface area contributed by atoms with Crippen LogP contribution in [0.1, 0.15) is 39.0 Å². The van der Waals surface area contributed by atoms with Gasteiger partial charge in [-0.3, -0.25) is 53.2 Å². The number of amides is 3. The maximum absolute atomic E-state index is 12.7. The van der Waals surface area contributed by atoms with E-state index in [0.29, 0.717) is 19.6 Å². The van der Waals surface area contributed by atoms with Crippen molar-refractivity contribution in [3.8, 4) is 0 Å². The van der Waals surface area contributed by atoms with E-state index in [0.717, 1.165) is 25.7 Å². The fourth-order valence-electron chi connectivity index (χ4n) is 4.42. The lowest BCUT2D eigenvalue weighted by molar-refractivity contribution is -0.140. The number of hydrogen-bond donors (Lipinski definition) is 6. The van der Waals surface area contributed by atoms with Gasteiger partial charge in [0.2, 0.25) is 17.7 Å². The highest BCUT2D eigenvalue weighted by molar-refractivity contribution is 5.80. The number of aliphatic carboxylic acids is 3. The summed E-state index contributed by atoms with van der Waals surface area (Å²) >= 11 is 0. The molecule has 3 amide bonds. The van der Waals surface area contributed by atoms with Crippen molar-refractivity contribution in [1.29, 1.82) is 0 Å². The number of nitrogens with one attached hydrogen (secondary N) is 3. The summed E-state index contributed by atoms with van der Waals surface area (Å²) in [7, 11) is 0. The number of nitrogens with zero attached hydrogens (tertiary/aromatic N) is 4. The number of unbranched alkanes of at least 4 members (excludes halogenated alkanes) is 3. The third kappa shape index (κ3) is 20.5. The lowest BCUT2D eigenvalue weighted by Crippen LogP contribution is -2.50. The van der Waals surface area contributed by atoms with Crippen molar-refractivity contribution in [3.63, 3.8) is 0 Å². The van der Waals surface area contributed by atoms with Crippen LogP contribution in [0.4, 0.5) is 0 Å². The van der Waals surface area contributed by atoms with Crippen molar-refractivity contribution >= 4 is 35.6 Å². The fourth-order valence-corrected chi connectivity index (χ4v) is 4.42. The molecule has 0 aromatic heterocycles. The van der Waals surface area contributed by atoms with Crippen LogP contribution in [-0.4, -0.2) is 169 Å². The molecule has 0 saturated carbocycles. The average molecular weight is 632 g/mol. The third-order valence-corrected chi connectivity index (χ3v) is 6.79. The van der Waals surface area contributed by atoms with E-state index in [1.165, 1.54) is 0 Å². The van der Waals surface area contributed by atoms with E-state index in [1.54, 1.807) is 19.6 Å². The predicted molar refractivity (Wildman–Crippen MR) is 158 cm³/mol. The maximum Gasteiger partial charge on any atom is 0.317 e. The summed E-state index contributed by atoms with van der Waals surface area (Å²) < 4.78 is 0. The molecule has 44 heavy (non-hydrogen) atoms. The Morgan fingerprint density at radius 3 is 1.43 bits per heavy atom. The smallest absolute Gasteiger partial charge is 0.317 e. The predicted octanol–water partition coefficient (Wildman–Crippen LogP) is -2.29. The van der Waals surface area contributed by atoms with Crippen LogP contribution in [0, 0.1) is 0 Å². The molecule has 252 valence electrons. The van der Waals surface area contributed by atoms with E-state index in [4.69, 9.17) is 4.84 Å². The van der Waals surface area contributed by atoms with E-state index in [2.05, 4.69) is 23.0 Å². The number of carboxylic acid groups (broad SMARTS) is 3. The molecule has 0 spiro atoms. The van der Waals surface area contributed by atoms with Crippen molar-refractivity contribution in [2.75, 3.05) is 98.2 Å². The van der Waals surface area contributed by atoms with E-state index < -0.39 is 23.8 Å². The topological polar surface area (TPSA) is 221 Å². The fraction of sp³-hybridized carbons (Fsp3) is 0.778. The molecule has 0 radical (unpaired) electrons. The van der Waals surface area contributed by atoms with E-state index >= 15 is 0 Å². The van der Waals surface area contributed by atoms with Crippen molar-refractivity contribution in [1.82, 2.24) is 35.7 Å². The Kier molecular flexibility index (Phi) is 20.3. The van der Waals surface area contributed by atoms with Gasteiger partial charge in [0.15, 0.2) is 6.61 Å². The highest BCUT2D eigenvalue weighted by Gasteiger charge is 2.21. The first-order chi connectivity index (χ1) is 21.0. The van der Waals surface area contributed by atoms with E-state index in [1.807, 2.05) is 0 Å². The molecule has 0 unspecified atom stereocenters. The van der Waals surface area contributed by atoms with Gasteiger partial charge in [-0.15, -0.1) is 0 Å². The van der Waals surface area contributed by atoms with Crippen molar-refractivity contribution in [2.45, 2.75) is 39.0 Å². The minimum absolute atomic E-state index is 0.0151. The molecule has 1 aliphatic heterocycles. The van der Waals surface area contributed by atoms with Crippen LogP contribution in [0.25, 0.3) is 0 Å². The first kappa shape index (κ1) is 38.6. The van der Waals surface area contributed by atoms with Gasteiger partial charge in [-0.1, -0.05) is 26.2 Å². The summed E-state index contributed by atoms with van der Waals surface area (Å²) in [5, 5.41) is 33.3. The summed E-state index contributed by atoms with van der Waals surface area (Å²) in [4.78, 5) is 82.2. The Labute approximate surface area is 257 Å². The van der Waals surface area contributed by atoms with Crippen molar-refractivity contribution in [3.05, 3.63) is 0 Å². The number of carbonyl (C=O) groups is 6. The SMILES string of the molecule is CCCCCCNC(=O)CONC(=O)CCNC(=O)CN1CCN(CC(=O)O)CCN(CC(=O)O)CCN(CC(=O)O)CC1. The Morgan fingerprint density at radius 2 is 1.00 bits per heavy atom.